The number of rotatable bonds is 5. The summed E-state index contributed by atoms with van der Waals surface area (Å²) in [6.45, 7) is 1.44. The molecule has 1 aliphatic carbocycles. The Kier molecular flexibility index (Phi) is 8.24. The third-order valence-electron chi connectivity index (χ3n) is 4.55. The lowest BCUT2D eigenvalue weighted by atomic mass is 10.1. The van der Waals surface area contributed by atoms with Gasteiger partial charge in [0, 0.05) is 25.0 Å². The summed E-state index contributed by atoms with van der Waals surface area (Å²) in [7, 11) is 0. The average molecular weight is 453 g/mol. The van der Waals surface area contributed by atoms with E-state index < -0.39 is 0 Å². The Balaban J connectivity index is 0.00000225. The molecule has 0 saturated heterocycles. The fraction of sp³-hybridized carbons (Fsp3) is 0.474. The molecule has 0 radical (unpaired) electrons. The Morgan fingerprint density at radius 1 is 1.20 bits per heavy atom. The maximum Gasteiger partial charge on any atom is 0.189 e. The van der Waals surface area contributed by atoms with Crippen molar-refractivity contribution in [1.82, 2.24) is 14.9 Å². The van der Waals surface area contributed by atoms with Crippen molar-refractivity contribution in [2.24, 2.45) is 10.7 Å². The Morgan fingerprint density at radius 3 is 2.68 bits per heavy atom. The van der Waals surface area contributed by atoms with E-state index in [1.165, 1.54) is 49.7 Å². The predicted molar refractivity (Wildman–Crippen MR) is 113 cm³/mol. The summed E-state index contributed by atoms with van der Waals surface area (Å²) in [4.78, 5) is 8.60. The molecule has 1 fully saturated rings. The smallest absolute Gasteiger partial charge is 0.189 e. The maximum atomic E-state index is 6.08. The van der Waals surface area contributed by atoms with Crippen LogP contribution in [0.3, 0.4) is 0 Å². The van der Waals surface area contributed by atoms with Crippen LogP contribution in [0.1, 0.15) is 49.7 Å². The summed E-state index contributed by atoms with van der Waals surface area (Å²) in [5.74, 6) is 0.571. The topological polar surface area (TPSA) is 68.2 Å². The molecule has 1 aromatic carbocycles. The molecule has 1 heterocycles. The highest BCUT2D eigenvalue weighted by Gasteiger charge is 2.12. The first-order valence-corrected chi connectivity index (χ1v) is 8.89. The Hall–Kier alpha value is -1.57. The molecular weight excluding hydrogens is 425 g/mol. The van der Waals surface area contributed by atoms with Crippen LogP contribution >= 0.6 is 24.0 Å². The van der Waals surface area contributed by atoms with Crippen molar-refractivity contribution in [3.05, 3.63) is 54.1 Å². The minimum absolute atomic E-state index is 0. The highest BCUT2D eigenvalue weighted by atomic mass is 127. The van der Waals surface area contributed by atoms with Gasteiger partial charge in [-0.15, -0.1) is 24.0 Å². The lowest BCUT2D eigenvalue weighted by molar-refractivity contribution is 0.530. The van der Waals surface area contributed by atoms with Crippen molar-refractivity contribution in [2.45, 2.75) is 57.7 Å². The zero-order chi connectivity index (χ0) is 16.6. The first-order valence-electron chi connectivity index (χ1n) is 8.89. The number of aromatic nitrogens is 2. The maximum absolute atomic E-state index is 6.08. The minimum Gasteiger partial charge on any atom is -0.370 e. The van der Waals surface area contributed by atoms with Gasteiger partial charge in [-0.2, -0.15) is 0 Å². The van der Waals surface area contributed by atoms with Gasteiger partial charge in [-0.05, 0) is 24.0 Å². The molecule has 136 valence electrons. The summed E-state index contributed by atoms with van der Waals surface area (Å²) < 4.78 is 2.06. The number of hydrogen-bond donors (Lipinski definition) is 2. The molecule has 1 saturated carbocycles. The van der Waals surface area contributed by atoms with E-state index in [1.807, 2.05) is 12.5 Å². The molecule has 0 unspecified atom stereocenters. The molecule has 1 aliphatic rings. The molecule has 2 aromatic rings. The van der Waals surface area contributed by atoms with Crippen molar-refractivity contribution >= 4 is 29.9 Å². The number of halogens is 1. The van der Waals surface area contributed by atoms with E-state index in [0.717, 1.165) is 6.54 Å². The van der Waals surface area contributed by atoms with Gasteiger partial charge in [0.25, 0.3) is 0 Å². The molecule has 0 atom stereocenters. The van der Waals surface area contributed by atoms with Crippen molar-refractivity contribution in [1.29, 1.82) is 0 Å². The molecule has 1 aromatic heterocycles. The van der Waals surface area contributed by atoms with Gasteiger partial charge in [-0.25, -0.2) is 9.98 Å². The number of hydrogen-bond acceptors (Lipinski definition) is 2. The normalized spacial score (nSPS) is 16.1. The summed E-state index contributed by atoms with van der Waals surface area (Å²) >= 11 is 0. The molecule has 6 heteroatoms. The first-order chi connectivity index (χ1) is 11.8. The Bertz CT molecular complexity index is 646. The molecule has 25 heavy (non-hydrogen) atoms. The van der Waals surface area contributed by atoms with Crippen LogP contribution in [-0.4, -0.2) is 21.6 Å². The van der Waals surface area contributed by atoms with Crippen LogP contribution in [0, 0.1) is 0 Å². The lowest BCUT2D eigenvalue weighted by Crippen LogP contribution is -2.39. The van der Waals surface area contributed by atoms with Gasteiger partial charge in [-0.3, -0.25) is 0 Å². The number of aliphatic imine (C=N–C) groups is 1. The van der Waals surface area contributed by atoms with Gasteiger partial charge in [-0.1, -0.05) is 49.9 Å². The number of imidazole rings is 1. The monoisotopic (exact) mass is 453 g/mol. The van der Waals surface area contributed by atoms with E-state index in [0.29, 0.717) is 18.5 Å². The standard InChI is InChI=1S/C19H27N5.HI/c20-19(23-18-8-3-1-2-4-9-18)22-13-16-6-5-7-17(12-16)14-24-11-10-21-15-24;/h5-7,10-12,15,18H,1-4,8-9,13-14H2,(H3,20,22,23);1H. The second-order valence-electron chi connectivity index (χ2n) is 6.59. The van der Waals surface area contributed by atoms with Crippen LogP contribution in [0.15, 0.2) is 48.0 Å². The van der Waals surface area contributed by atoms with Gasteiger partial charge in [0.15, 0.2) is 5.96 Å². The fourth-order valence-corrected chi connectivity index (χ4v) is 3.27. The largest absolute Gasteiger partial charge is 0.370 e. The van der Waals surface area contributed by atoms with E-state index in [1.54, 1.807) is 6.20 Å². The number of nitrogens with zero attached hydrogens (tertiary/aromatic N) is 3. The van der Waals surface area contributed by atoms with Gasteiger partial charge >= 0.3 is 0 Å². The SMILES string of the molecule is I.NC(=NCc1cccc(Cn2ccnc2)c1)NC1CCCCCC1. The van der Waals surface area contributed by atoms with Crippen LogP contribution < -0.4 is 11.1 Å². The molecule has 0 amide bonds. The average Bonchev–Trinajstić information content (AvgIpc) is 2.96. The number of benzene rings is 1. The second-order valence-corrected chi connectivity index (χ2v) is 6.59. The molecule has 0 aliphatic heterocycles. The fourth-order valence-electron chi connectivity index (χ4n) is 3.27. The number of nitrogens with one attached hydrogen (secondary N) is 1. The van der Waals surface area contributed by atoms with E-state index in [-0.39, 0.29) is 24.0 Å². The van der Waals surface area contributed by atoms with E-state index >= 15 is 0 Å². The lowest BCUT2D eigenvalue weighted by Gasteiger charge is -2.16. The Morgan fingerprint density at radius 2 is 1.96 bits per heavy atom. The molecule has 0 bridgehead atoms. The van der Waals surface area contributed by atoms with Gasteiger partial charge in [0.05, 0.1) is 12.9 Å². The number of guanidine groups is 1. The first kappa shape index (κ1) is 19.8. The second kappa shape index (κ2) is 10.4. The molecule has 3 rings (SSSR count). The van der Waals surface area contributed by atoms with Crippen LogP contribution in [-0.2, 0) is 13.1 Å². The van der Waals surface area contributed by atoms with E-state index in [4.69, 9.17) is 5.73 Å². The number of nitrogens with two attached hydrogens (primary N) is 1. The van der Waals surface area contributed by atoms with Crippen molar-refractivity contribution < 1.29 is 0 Å². The third-order valence-corrected chi connectivity index (χ3v) is 4.55. The quantitative estimate of drug-likeness (QED) is 0.314. The highest BCUT2D eigenvalue weighted by molar-refractivity contribution is 14.0. The van der Waals surface area contributed by atoms with Crippen LogP contribution in [0.5, 0.6) is 0 Å². The molecular formula is C19H28IN5. The summed E-state index contributed by atoms with van der Waals surface area (Å²) in [5, 5.41) is 3.40. The molecule has 5 nitrogen and oxygen atoms in total. The van der Waals surface area contributed by atoms with Crippen LogP contribution in [0.25, 0.3) is 0 Å². The molecule has 0 spiro atoms. The minimum atomic E-state index is 0. The van der Waals surface area contributed by atoms with Crippen molar-refractivity contribution in [3.63, 3.8) is 0 Å². The zero-order valence-electron chi connectivity index (χ0n) is 14.6. The molecule has 3 N–H and O–H groups in total. The van der Waals surface area contributed by atoms with E-state index in [9.17, 15) is 0 Å². The van der Waals surface area contributed by atoms with Crippen molar-refractivity contribution in [2.75, 3.05) is 0 Å². The van der Waals surface area contributed by atoms with Crippen LogP contribution in [0.2, 0.25) is 0 Å². The highest BCUT2D eigenvalue weighted by Crippen LogP contribution is 2.17. The zero-order valence-corrected chi connectivity index (χ0v) is 16.9. The summed E-state index contributed by atoms with van der Waals surface area (Å²) in [5.41, 5.74) is 8.50. The Labute approximate surface area is 167 Å². The predicted octanol–water partition coefficient (Wildman–Crippen LogP) is 3.68. The summed E-state index contributed by atoms with van der Waals surface area (Å²) in [6.07, 6.45) is 13.3. The van der Waals surface area contributed by atoms with Crippen molar-refractivity contribution in [3.8, 4) is 0 Å². The van der Waals surface area contributed by atoms with Gasteiger partial charge in [0.2, 0.25) is 0 Å². The van der Waals surface area contributed by atoms with Gasteiger partial charge < -0.3 is 15.6 Å². The summed E-state index contributed by atoms with van der Waals surface area (Å²) in [6, 6.07) is 8.97. The van der Waals surface area contributed by atoms with Gasteiger partial charge in [0.1, 0.15) is 0 Å². The van der Waals surface area contributed by atoms with E-state index in [2.05, 4.69) is 44.1 Å². The third kappa shape index (κ3) is 6.68. The van der Waals surface area contributed by atoms with Crippen LogP contribution in [0.4, 0.5) is 0 Å².